The van der Waals surface area contributed by atoms with Crippen LogP contribution in [-0.2, 0) is 38.1 Å². The first-order valence-corrected chi connectivity index (χ1v) is 7.15. The molecule has 0 rings (SSSR count). The van der Waals surface area contributed by atoms with Crippen LogP contribution in [0.4, 0.5) is 0 Å². The highest BCUT2D eigenvalue weighted by Gasteiger charge is 2.06. The fraction of sp³-hybridized carbons (Fsp3) is 0.733. The molecule has 0 amide bonds. The fourth-order valence-corrected chi connectivity index (χ4v) is 1.26. The van der Waals surface area contributed by atoms with E-state index in [2.05, 4.69) is 14.2 Å². The van der Waals surface area contributed by atoms with E-state index >= 15 is 0 Å². The topological polar surface area (TPSA) is 105 Å². The van der Waals surface area contributed by atoms with Gasteiger partial charge in [-0.3, -0.25) is 19.2 Å². The van der Waals surface area contributed by atoms with Gasteiger partial charge in [0, 0.05) is 34.1 Å². The molecule has 0 aliphatic heterocycles. The van der Waals surface area contributed by atoms with E-state index in [1.54, 1.807) is 13.8 Å². The van der Waals surface area contributed by atoms with Crippen molar-refractivity contribution >= 4 is 23.9 Å². The van der Waals surface area contributed by atoms with E-state index in [4.69, 9.17) is 4.74 Å². The minimum Gasteiger partial charge on any atom is -0.466 e. The van der Waals surface area contributed by atoms with E-state index in [1.807, 2.05) is 0 Å². The molecule has 0 N–H and O–H groups in total. The molecule has 0 aromatic rings. The van der Waals surface area contributed by atoms with E-state index in [1.165, 1.54) is 27.7 Å². The largest absolute Gasteiger partial charge is 0.466 e. The molecule has 0 spiro atoms. The maximum Gasteiger partial charge on any atom is 0.303 e. The van der Waals surface area contributed by atoms with Crippen LogP contribution >= 0.6 is 0 Å². The average Bonchev–Trinajstić information content (AvgIpc) is 2.35. The van der Waals surface area contributed by atoms with Crippen LogP contribution in [0.25, 0.3) is 0 Å². The molecule has 0 aromatic carbocycles. The molecule has 0 heterocycles. The number of hydrogen-bond donors (Lipinski definition) is 0. The van der Waals surface area contributed by atoms with Gasteiger partial charge in [-0.05, 0) is 13.8 Å². The standard InChI is InChI=1S/C8H14O4.C7H12O4/c1-6(12-8(3)10)4-5-11-7(2)9;1-5(11-7(3)9)4-10-6(2)8/h6H,4-5H2,1-3H3;5H,4H2,1-3H3. The first-order valence-electron chi connectivity index (χ1n) is 7.15. The summed E-state index contributed by atoms with van der Waals surface area (Å²) < 4.78 is 18.7. The van der Waals surface area contributed by atoms with E-state index < -0.39 is 0 Å². The van der Waals surface area contributed by atoms with Crippen molar-refractivity contribution in [2.24, 2.45) is 0 Å². The van der Waals surface area contributed by atoms with E-state index in [0.29, 0.717) is 13.0 Å². The Labute approximate surface area is 136 Å². The number of ether oxygens (including phenoxy) is 4. The van der Waals surface area contributed by atoms with Crippen molar-refractivity contribution in [2.45, 2.75) is 60.2 Å². The highest BCUT2D eigenvalue weighted by Crippen LogP contribution is 1.98. The number of esters is 4. The maximum absolute atomic E-state index is 10.4. The average molecular weight is 334 g/mol. The van der Waals surface area contributed by atoms with Gasteiger partial charge < -0.3 is 18.9 Å². The zero-order chi connectivity index (χ0) is 18.4. The van der Waals surface area contributed by atoms with Crippen molar-refractivity contribution in [3.63, 3.8) is 0 Å². The molecule has 0 radical (unpaired) electrons. The zero-order valence-electron chi connectivity index (χ0n) is 14.5. The lowest BCUT2D eigenvalue weighted by molar-refractivity contribution is -0.155. The summed E-state index contributed by atoms with van der Waals surface area (Å²) >= 11 is 0. The molecule has 8 heteroatoms. The third kappa shape index (κ3) is 22.3. The SMILES string of the molecule is CC(=O)OCC(C)OC(C)=O.CC(=O)OCCC(C)OC(C)=O. The molecule has 0 aromatic heterocycles. The Kier molecular flexibility index (Phi) is 13.6. The van der Waals surface area contributed by atoms with Crippen LogP contribution in [0.2, 0.25) is 0 Å². The van der Waals surface area contributed by atoms with Crippen molar-refractivity contribution in [2.75, 3.05) is 13.2 Å². The van der Waals surface area contributed by atoms with E-state index in [-0.39, 0.29) is 42.7 Å². The van der Waals surface area contributed by atoms with Crippen LogP contribution in [0, 0.1) is 0 Å². The van der Waals surface area contributed by atoms with Crippen LogP contribution in [-0.4, -0.2) is 49.3 Å². The molecule has 0 aliphatic carbocycles. The summed E-state index contributed by atoms with van der Waals surface area (Å²) in [6.07, 6.45) is -0.0163. The van der Waals surface area contributed by atoms with Gasteiger partial charge in [0.25, 0.3) is 0 Å². The second-order valence-electron chi connectivity index (χ2n) is 4.77. The Bertz CT molecular complexity index is 391. The molecule has 2 atom stereocenters. The van der Waals surface area contributed by atoms with Gasteiger partial charge >= 0.3 is 23.9 Å². The number of hydrogen-bond acceptors (Lipinski definition) is 8. The smallest absolute Gasteiger partial charge is 0.303 e. The highest BCUT2D eigenvalue weighted by molar-refractivity contribution is 5.67. The molecular formula is C15H26O8. The van der Waals surface area contributed by atoms with E-state index in [0.717, 1.165) is 0 Å². The summed E-state index contributed by atoms with van der Waals surface area (Å²) in [5.74, 6) is -1.37. The summed E-state index contributed by atoms with van der Waals surface area (Å²) in [5, 5.41) is 0. The van der Waals surface area contributed by atoms with Crippen molar-refractivity contribution in [1.29, 1.82) is 0 Å². The number of rotatable bonds is 7. The van der Waals surface area contributed by atoms with Crippen LogP contribution in [0.15, 0.2) is 0 Å². The van der Waals surface area contributed by atoms with Gasteiger partial charge in [-0.15, -0.1) is 0 Å². The molecule has 0 bridgehead atoms. The van der Waals surface area contributed by atoms with Gasteiger partial charge in [0.1, 0.15) is 18.8 Å². The van der Waals surface area contributed by atoms with Crippen LogP contribution in [0.5, 0.6) is 0 Å². The van der Waals surface area contributed by atoms with Gasteiger partial charge in [-0.2, -0.15) is 0 Å². The minimum atomic E-state index is -0.371. The van der Waals surface area contributed by atoms with Crippen LogP contribution in [0.3, 0.4) is 0 Å². The Morgan fingerprint density at radius 3 is 1.52 bits per heavy atom. The second-order valence-corrected chi connectivity index (χ2v) is 4.77. The molecular weight excluding hydrogens is 308 g/mol. The second kappa shape index (κ2) is 13.5. The van der Waals surface area contributed by atoms with E-state index in [9.17, 15) is 19.2 Å². The molecule has 0 aliphatic rings. The number of carbonyl (C=O) groups excluding carboxylic acids is 4. The maximum atomic E-state index is 10.4. The molecule has 0 saturated carbocycles. The monoisotopic (exact) mass is 334 g/mol. The zero-order valence-corrected chi connectivity index (χ0v) is 14.5. The van der Waals surface area contributed by atoms with Gasteiger partial charge in [0.05, 0.1) is 6.61 Å². The Morgan fingerprint density at radius 2 is 1.13 bits per heavy atom. The normalized spacial score (nSPS) is 11.9. The summed E-state index contributed by atoms with van der Waals surface area (Å²) in [7, 11) is 0. The fourth-order valence-electron chi connectivity index (χ4n) is 1.26. The summed E-state index contributed by atoms with van der Waals surface area (Å²) in [5.41, 5.74) is 0. The van der Waals surface area contributed by atoms with Gasteiger partial charge in [-0.1, -0.05) is 0 Å². The molecule has 8 nitrogen and oxygen atoms in total. The first-order chi connectivity index (χ1) is 10.5. The molecule has 2 unspecified atom stereocenters. The summed E-state index contributed by atoms with van der Waals surface area (Å²) in [4.78, 5) is 41.3. The third-order valence-corrected chi connectivity index (χ3v) is 2.09. The van der Waals surface area contributed by atoms with Gasteiger partial charge in [0.15, 0.2) is 0 Å². The van der Waals surface area contributed by atoms with Gasteiger partial charge in [0.2, 0.25) is 0 Å². The van der Waals surface area contributed by atoms with Crippen molar-refractivity contribution in [3.05, 3.63) is 0 Å². The first kappa shape index (κ1) is 23.2. The van der Waals surface area contributed by atoms with Crippen molar-refractivity contribution in [3.8, 4) is 0 Å². The lowest BCUT2D eigenvalue weighted by Gasteiger charge is -2.10. The summed E-state index contributed by atoms with van der Waals surface area (Å²) in [6, 6.07) is 0. The minimum absolute atomic E-state index is 0.120. The third-order valence-electron chi connectivity index (χ3n) is 2.09. The molecule has 0 fully saturated rings. The van der Waals surface area contributed by atoms with Gasteiger partial charge in [-0.25, -0.2) is 0 Å². The lowest BCUT2D eigenvalue weighted by atomic mass is 10.3. The Morgan fingerprint density at radius 1 is 0.696 bits per heavy atom. The quantitative estimate of drug-likeness (QED) is 0.508. The molecule has 23 heavy (non-hydrogen) atoms. The van der Waals surface area contributed by atoms with Crippen molar-refractivity contribution in [1.82, 2.24) is 0 Å². The Balaban J connectivity index is 0. The predicted octanol–water partition coefficient (Wildman–Crippen LogP) is 1.39. The van der Waals surface area contributed by atoms with Crippen LogP contribution in [0.1, 0.15) is 48.0 Å². The lowest BCUT2D eigenvalue weighted by Crippen LogP contribution is -2.19. The summed E-state index contributed by atoms with van der Waals surface area (Å²) in [6.45, 7) is 9.14. The molecule has 0 saturated heterocycles. The van der Waals surface area contributed by atoms with Crippen LogP contribution < -0.4 is 0 Å². The molecule has 134 valence electrons. The van der Waals surface area contributed by atoms with Crippen molar-refractivity contribution < 1.29 is 38.1 Å². The Hall–Kier alpha value is -2.12. The number of carbonyl (C=O) groups is 4. The predicted molar refractivity (Wildman–Crippen MR) is 80.3 cm³/mol. The highest BCUT2D eigenvalue weighted by atomic mass is 16.6.